The molecule has 3 aromatic carbocycles. The molecule has 0 saturated carbocycles. The maximum atomic E-state index is 13.1. The number of aryl methyl sites for hydroxylation is 1. The molecule has 6 nitrogen and oxygen atoms in total. The number of amides is 1. The molecule has 31 heavy (non-hydrogen) atoms. The van der Waals surface area contributed by atoms with Crippen LogP contribution >= 0.6 is 0 Å². The van der Waals surface area contributed by atoms with Gasteiger partial charge in [-0.1, -0.05) is 36.4 Å². The molecule has 0 aliphatic heterocycles. The number of hydrogen-bond acceptors (Lipinski definition) is 4. The van der Waals surface area contributed by atoms with Crippen LogP contribution in [0.5, 0.6) is 0 Å². The van der Waals surface area contributed by atoms with Crippen LogP contribution in [0.1, 0.15) is 15.9 Å². The monoisotopic (exact) mass is 437 g/mol. The van der Waals surface area contributed by atoms with Crippen molar-refractivity contribution in [2.45, 2.75) is 11.8 Å². The second kappa shape index (κ2) is 9.66. The predicted molar refractivity (Wildman–Crippen MR) is 125 cm³/mol. The highest BCUT2D eigenvalue weighted by atomic mass is 32.2. The van der Waals surface area contributed by atoms with Crippen LogP contribution in [0.4, 0.5) is 11.4 Å². The van der Waals surface area contributed by atoms with E-state index in [2.05, 4.69) is 5.32 Å². The highest BCUT2D eigenvalue weighted by molar-refractivity contribution is 7.92. The zero-order valence-corrected chi connectivity index (χ0v) is 18.8. The van der Waals surface area contributed by atoms with Gasteiger partial charge in [0, 0.05) is 38.4 Å². The first-order chi connectivity index (χ1) is 14.8. The van der Waals surface area contributed by atoms with E-state index in [0.717, 1.165) is 11.3 Å². The molecule has 162 valence electrons. The Morgan fingerprint density at radius 2 is 1.55 bits per heavy atom. The Morgan fingerprint density at radius 3 is 2.26 bits per heavy atom. The van der Waals surface area contributed by atoms with Crippen LogP contribution in [-0.4, -0.2) is 41.5 Å². The van der Waals surface area contributed by atoms with Gasteiger partial charge < -0.3 is 10.2 Å². The Hall–Kier alpha value is -3.32. The van der Waals surface area contributed by atoms with Gasteiger partial charge in [-0.3, -0.25) is 9.10 Å². The number of likely N-dealkylation sites (N-methyl/N-ethyl adjacent to an activating group) is 1. The molecular formula is C24H27N3O3S. The van der Waals surface area contributed by atoms with Crippen LogP contribution in [0.15, 0.2) is 83.8 Å². The first-order valence-electron chi connectivity index (χ1n) is 9.99. The van der Waals surface area contributed by atoms with Crippen LogP contribution in [-0.2, 0) is 10.0 Å². The molecule has 0 saturated heterocycles. The van der Waals surface area contributed by atoms with Crippen LogP contribution in [0.25, 0.3) is 0 Å². The Labute approximate surface area is 184 Å². The number of para-hydroxylation sites is 1. The zero-order chi connectivity index (χ0) is 22.4. The molecule has 0 spiro atoms. The fraction of sp³-hybridized carbons (Fsp3) is 0.208. The summed E-state index contributed by atoms with van der Waals surface area (Å²) in [7, 11) is -0.325. The van der Waals surface area contributed by atoms with Gasteiger partial charge in [-0.05, 0) is 55.0 Å². The van der Waals surface area contributed by atoms with Crippen molar-refractivity contribution in [1.82, 2.24) is 5.32 Å². The van der Waals surface area contributed by atoms with E-state index < -0.39 is 10.0 Å². The number of rotatable bonds is 8. The van der Waals surface area contributed by atoms with Gasteiger partial charge in [-0.25, -0.2) is 8.42 Å². The van der Waals surface area contributed by atoms with E-state index in [1.807, 2.05) is 61.3 Å². The Kier molecular flexibility index (Phi) is 6.97. The average Bonchev–Trinajstić information content (AvgIpc) is 2.79. The molecule has 3 rings (SSSR count). The number of sulfonamides is 1. The lowest BCUT2D eigenvalue weighted by atomic mass is 10.2. The third-order valence-electron chi connectivity index (χ3n) is 5.05. The van der Waals surface area contributed by atoms with Crippen LogP contribution in [0.2, 0.25) is 0 Å². The normalized spacial score (nSPS) is 11.1. The molecular weight excluding hydrogens is 410 g/mol. The summed E-state index contributed by atoms with van der Waals surface area (Å²) in [5.74, 6) is -0.309. The van der Waals surface area contributed by atoms with E-state index >= 15 is 0 Å². The van der Waals surface area contributed by atoms with Crippen molar-refractivity contribution in [3.8, 4) is 0 Å². The van der Waals surface area contributed by atoms with Crippen molar-refractivity contribution in [3.63, 3.8) is 0 Å². The predicted octanol–water partition coefficient (Wildman–Crippen LogP) is 3.69. The molecule has 0 aromatic heterocycles. The van der Waals surface area contributed by atoms with E-state index in [4.69, 9.17) is 0 Å². The second-order valence-corrected chi connectivity index (χ2v) is 9.32. The summed E-state index contributed by atoms with van der Waals surface area (Å²) in [5.41, 5.74) is 2.90. The topological polar surface area (TPSA) is 69.7 Å². The largest absolute Gasteiger partial charge is 0.373 e. The lowest BCUT2D eigenvalue weighted by molar-refractivity contribution is 0.0954. The van der Waals surface area contributed by atoms with Crippen molar-refractivity contribution in [2.24, 2.45) is 0 Å². The van der Waals surface area contributed by atoms with Gasteiger partial charge in [0.2, 0.25) is 0 Å². The molecule has 0 heterocycles. The molecule has 7 heteroatoms. The highest BCUT2D eigenvalue weighted by Gasteiger charge is 2.22. The standard InChI is InChI=1S/C24H27N3O3S/c1-19-9-7-13-22(17-19)27(3)31(29,30)23-14-8-10-20(18-23)24(28)25-15-16-26(2)21-11-5-4-6-12-21/h4-14,17-18H,15-16H2,1-3H3,(H,25,28). The highest BCUT2D eigenvalue weighted by Crippen LogP contribution is 2.23. The van der Waals surface area contributed by atoms with E-state index in [1.165, 1.54) is 23.5 Å². The van der Waals surface area contributed by atoms with Gasteiger partial charge in [-0.2, -0.15) is 0 Å². The van der Waals surface area contributed by atoms with Gasteiger partial charge in [0.15, 0.2) is 0 Å². The minimum atomic E-state index is -3.79. The lowest BCUT2D eigenvalue weighted by Crippen LogP contribution is -2.33. The minimum Gasteiger partial charge on any atom is -0.373 e. The number of nitrogens with one attached hydrogen (secondary N) is 1. The molecule has 1 amide bonds. The first kappa shape index (κ1) is 22.4. The van der Waals surface area contributed by atoms with E-state index in [1.54, 1.807) is 24.3 Å². The average molecular weight is 438 g/mol. The summed E-state index contributed by atoms with van der Waals surface area (Å²) < 4.78 is 27.4. The van der Waals surface area contributed by atoms with E-state index in [0.29, 0.717) is 24.3 Å². The van der Waals surface area contributed by atoms with Crippen molar-refractivity contribution < 1.29 is 13.2 Å². The number of anilines is 2. The molecule has 1 N–H and O–H groups in total. The Balaban J connectivity index is 1.68. The summed E-state index contributed by atoms with van der Waals surface area (Å²) in [6, 6.07) is 23.3. The molecule has 0 radical (unpaired) electrons. The number of carbonyl (C=O) groups excluding carboxylic acids is 1. The third kappa shape index (κ3) is 5.44. The van der Waals surface area contributed by atoms with E-state index in [-0.39, 0.29) is 10.8 Å². The van der Waals surface area contributed by atoms with Crippen molar-refractivity contribution in [2.75, 3.05) is 36.4 Å². The van der Waals surface area contributed by atoms with Gasteiger partial charge in [0.05, 0.1) is 10.6 Å². The van der Waals surface area contributed by atoms with Crippen LogP contribution in [0.3, 0.4) is 0 Å². The number of hydrogen-bond donors (Lipinski definition) is 1. The first-order valence-corrected chi connectivity index (χ1v) is 11.4. The van der Waals surface area contributed by atoms with Crippen molar-refractivity contribution in [3.05, 3.63) is 90.0 Å². The Morgan fingerprint density at radius 1 is 0.871 bits per heavy atom. The fourth-order valence-electron chi connectivity index (χ4n) is 3.17. The van der Waals surface area contributed by atoms with Gasteiger partial charge in [-0.15, -0.1) is 0 Å². The number of benzene rings is 3. The molecule has 0 bridgehead atoms. The van der Waals surface area contributed by atoms with Gasteiger partial charge in [0.1, 0.15) is 0 Å². The molecule has 3 aromatic rings. The third-order valence-corrected chi connectivity index (χ3v) is 6.83. The Bertz CT molecular complexity index is 1150. The fourth-order valence-corrected chi connectivity index (χ4v) is 4.40. The van der Waals surface area contributed by atoms with E-state index in [9.17, 15) is 13.2 Å². The quantitative estimate of drug-likeness (QED) is 0.584. The van der Waals surface area contributed by atoms with Crippen LogP contribution in [0, 0.1) is 6.92 Å². The smallest absolute Gasteiger partial charge is 0.264 e. The molecule has 0 fully saturated rings. The van der Waals surface area contributed by atoms with Crippen molar-refractivity contribution >= 4 is 27.3 Å². The summed E-state index contributed by atoms with van der Waals surface area (Å²) in [4.78, 5) is 14.7. The summed E-state index contributed by atoms with van der Waals surface area (Å²) >= 11 is 0. The SMILES string of the molecule is Cc1cccc(N(C)S(=O)(=O)c2cccc(C(=O)NCCN(C)c3ccccc3)c2)c1. The molecule has 0 unspecified atom stereocenters. The molecule has 0 atom stereocenters. The summed E-state index contributed by atoms with van der Waals surface area (Å²) in [6.07, 6.45) is 0. The van der Waals surface area contributed by atoms with Gasteiger partial charge >= 0.3 is 0 Å². The lowest BCUT2D eigenvalue weighted by Gasteiger charge is -2.20. The maximum Gasteiger partial charge on any atom is 0.264 e. The number of nitrogens with zero attached hydrogens (tertiary/aromatic N) is 2. The maximum absolute atomic E-state index is 13.1. The van der Waals surface area contributed by atoms with Gasteiger partial charge in [0.25, 0.3) is 15.9 Å². The van der Waals surface area contributed by atoms with Crippen LogP contribution < -0.4 is 14.5 Å². The molecule has 0 aliphatic rings. The summed E-state index contributed by atoms with van der Waals surface area (Å²) in [5, 5.41) is 2.86. The minimum absolute atomic E-state index is 0.0746. The van der Waals surface area contributed by atoms with Crippen molar-refractivity contribution in [1.29, 1.82) is 0 Å². The number of carbonyl (C=O) groups is 1. The summed E-state index contributed by atoms with van der Waals surface area (Å²) in [6.45, 7) is 2.97. The zero-order valence-electron chi connectivity index (χ0n) is 17.9. The molecule has 0 aliphatic carbocycles. The second-order valence-electron chi connectivity index (χ2n) is 7.35.